The first kappa shape index (κ1) is 28.2. The summed E-state index contributed by atoms with van der Waals surface area (Å²) in [6, 6.07) is -6.66. The summed E-state index contributed by atoms with van der Waals surface area (Å²) in [5.41, 5.74) is 0. The number of rotatable bonds is 9. The van der Waals surface area contributed by atoms with E-state index in [9.17, 15) is 70.3 Å². The van der Waals surface area contributed by atoms with Gasteiger partial charge in [0, 0.05) is 12.6 Å². The molecule has 0 atom stereocenters. The van der Waals surface area contributed by atoms with E-state index >= 15 is 0 Å². The molecule has 0 aromatic rings. The third kappa shape index (κ3) is 4.04. The molecule has 0 aromatic carbocycles. The minimum Gasteiger partial charge on any atom is -0.392 e. The SMILES string of the molecule is C=CC(=O)OC(F)(F)C(F)(F)N(CC)S(=O)(=O)C(F)(F)C(F)(F)C(F)(F)C(F)(F)F. The number of carbonyl (C=O) groups is 1. The van der Waals surface area contributed by atoms with Gasteiger partial charge in [-0.3, -0.25) is 0 Å². The van der Waals surface area contributed by atoms with Crippen LogP contribution in [0.25, 0.3) is 0 Å². The summed E-state index contributed by atoms with van der Waals surface area (Å²) in [5.74, 6) is -18.2. The van der Waals surface area contributed by atoms with Gasteiger partial charge in [0.05, 0.1) is 0 Å². The van der Waals surface area contributed by atoms with Gasteiger partial charge < -0.3 is 4.74 Å². The quantitative estimate of drug-likeness (QED) is 0.209. The molecule has 0 unspecified atom stereocenters. The Labute approximate surface area is 158 Å². The van der Waals surface area contributed by atoms with Gasteiger partial charge in [0.1, 0.15) is 0 Å². The van der Waals surface area contributed by atoms with E-state index in [-0.39, 0.29) is 13.0 Å². The molecule has 0 radical (unpaired) electrons. The lowest BCUT2D eigenvalue weighted by molar-refractivity contribution is -0.384. The number of likely N-dealkylation sites (N-methyl/N-ethyl adjacent to an activating group) is 1. The van der Waals surface area contributed by atoms with Crippen LogP contribution in [0.5, 0.6) is 0 Å². The summed E-state index contributed by atoms with van der Waals surface area (Å²) in [6.45, 7) is 0.184. The van der Waals surface area contributed by atoms with Gasteiger partial charge in [-0.2, -0.15) is 57.1 Å². The van der Waals surface area contributed by atoms with Gasteiger partial charge in [-0.05, 0) is 0 Å². The highest BCUT2D eigenvalue weighted by atomic mass is 32.2. The van der Waals surface area contributed by atoms with Crippen LogP contribution >= 0.6 is 0 Å². The van der Waals surface area contributed by atoms with Crippen molar-refractivity contribution in [2.45, 2.75) is 42.4 Å². The predicted octanol–water partition coefficient (Wildman–Crippen LogP) is 3.98. The molecule has 19 heteroatoms. The minimum absolute atomic E-state index is 0.0208. The molecular weight excluding hydrogens is 489 g/mol. The fourth-order valence-electron chi connectivity index (χ4n) is 1.56. The van der Waals surface area contributed by atoms with Crippen molar-refractivity contribution >= 4 is 16.0 Å². The number of esters is 1. The normalized spacial score (nSPS) is 15.3. The van der Waals surface area contributed by atoms with E-state index in [1.165, 1.54) is 0 Å². The predicted molar refractivity (Wildman–Crippen MR) is 68.4 cm³/mol. The van der Waals surface area contributed by atoms with Crippen LogP contribution in [0.1, 0.15) is 6.92 Å². The van der Waals surface area contributed by atoms with Crippen LogP contribution < -0.4 is 0 Å². The molecule has 0 aliphatic carbocycles. The van der Waals surface area contributed by atoms with Gasteiger partial charge in [-0.25, -0.2) is 13.2 Å². The first-order valence-electron chi connectivity index (χ1n) is 6.73. The maximum atomic E-state index is 13.8. The Kier molecular flexibility index (Phi) is 7.26. The van der Waals surface area contributed by atoms with E-state index in [0.29, 0.717) is 0 Å². The molecule has 0 bridgehead atoms. The lowest BCUT2D eigenvalue weighted by Gasteiger charge is -2.38. The van der Waals surface area contributed by atoms with E-state index in [0.717, 1.165) is 0 Å². The van der Waals surface area contributed by atoms with Gasteiger partial charge in [-0.1, -0.05) is 13.5 Å². The fourth-order valence-corrected chi connectivity index (χ4v) is 3.03. The van der Waals surface area contributed by atoms with Crippen molar-refractivity contribution in [3.63, 3.8) is 0 Å². The number of ether oxygens (including phenoxy) is 1. The number of carbonyl (C=O) groups excluding carboxylic acids is 1. The monoisotopic (exact) mass is 497 g/mol. The Morgan fingerprint density at radius 2 is 1.30 bits per heavy atom. The number of halogens is 13. The summed E-state index contributed by atoms with van der Waals surface area (Å²) >= 11 is 0. The molecule has 5 nitrogen and oxygen atoms in total. The summed E-state index contributed by atoms with van der Waals surface area (Å²) in [7, 11) is -8.11. The molecule has 30 heavy (non-hydrogen) atoms. The highest BCUT2D eigenvalue weighted by Gasteiger charge is 2.87. The number of alkyl halides is 13. The van der Waals surface area contributed by atoms with Crippen LogP contribution in [0.4, 0.5) is 57.1 Å². The summed E-state index contributed by atoms with van der Waals surface area (Å²) in [6.07, 6.45) is -14.1. The van der Waals surface area contributed by atoms with Crippen LogP contribution in [-0.2, 0) is 19.6 Å². The second-order valence-electron chi connectivity index (χ2n) is 5.02. The van der Waals surface area contributed by atoms with Crippen molar-refractivity contribution in [1.82, 2.24) is 4.31 Å². The number of nitrogens with zero attached hydrogens (tertiary/aromatic N) is 1. The van der Waals surface area contributed by atoms with E-state index in [1.54, 1.807) is 0 Å². The maximum Gasteiger partial charge on any atom is 0.483 e. The Hall–Kier alpha value is -1.79. The van der Waals surface area contributed by atoms with Crippen molar-refractivity contribution in [3.8, 4) is 0 Å². The Morgan fingerprint density at radius 1 is 0.900 bits per heavy atom. The van der Waals surface area contributed by atoms with Crippen molar-refractivity contribution < 1.29 is 75.0 Å². The summed E-state index contributed by atoms with van der Waals surface area (Å²) in [5, 5.41) is -7.71. The lowest BCUT2D eigenvalue weighted by Crippen LogP contribution is -2.68. The van der Waals surface area contributed by atoms with Crippen LogP contribution in [0.3, 0.4) is 0 Å². The molecule has 0 heterocycles. The Bertz CT molecular complexity index is 774. The molecule has 178 valence electrons. The first-order chi connectivity index (χ1) is 12.9. The van der Waals surface area contributed by atoms with Crippen LogP contribution in [0.2, 0.25) is 0 Å². The largest absolute Gasteiger partial charge is 0.483 e. The van der Waals surface area contributed by atoms with Gasteiger partial charge in [0.2, 0.25) is 0 Å². The highest BCUT2D eigenvalue weighted by Crippen LogP contribution is 2.56. The number of sulfonamides is 1. The van der Waals surface area contributed by atoms with Crippen molar-refractivity contribution in [2.24, 2.45) is 0 Å². The average molecular weight is 497 g/mol. The van der Waals surface area contributed by atoms with E-state index < -0.39 is 62.3 Å². The topological polar surface area (TPSA) is 63.7 Å². The number of hydrogen-bond acceptors (Lipinski definition) is 4. The summed E-state index contributed by atoms with van der Waals surface area (Å²) < 4.78 is 193. The third-order valence-corrected chi connectivity index (χ3v) is 5.05. The van der Waals surface area contributed by atoms with E-state index in [4.69, 9.17) is 0 Å². The second-order valence-corrected chi connectivity index (χ2v) is 6.92. The molecule has 0 saturated heterocycles. The molecule has 0 saturated carbocycles. The zero-order valence-corrected chi connectivity index (χ0v) is 14.7. The maximum absolute atomic E-state index is 13.8. The van der Waals surface area contributed by atoms with Crippen LogP contribution in [0, 0.1) is 0 Å². The third-order valence-electron chi connectivity index (χ3n) is 3.08. The van der Waals surface area contributed by atoms with Gasteiger partial charge >= 0.3 is 41.4 Å². The second kappa shape index (κ2) is 7.72. The molecule has 0 aliphatic rings. The van der Waals surface area contributed by atoms with Crippen molar-refractivity contribution in [3.05, 3.63) is 12.7 Å². The van der Waals surface area contributed by atoms with Crippen LogP contribution in [-0.4, -0.2) is 60.7 Å². The molecule has 0 amide bonds. The zero-order valence-electron chi connectivity index (χ0n) is 13.9. The molecule has 0 fully saturated rings. The summed E-state index contributed by atoms with van der Waals surface area (Å²) in [4.78, 5) is 10.6. The molecule has 0 spiro atoms. The molecule has 0 rings (SSSR count). The average Bonchev–Trinajstić information content (AvgIpc) is 2.52. The van der Waals surface area contributed by atoms with Gasteiger partial charge in [-0.15, -0.1) is 4.31 Å². The van der Waals surface area contributed by atoms with Crippen molar-refractivity contribution in [1.29, 1.82) is 0 Å². The standard InChI is InChI=1S/C11H8F13NO4S/c1-3-5(26)29-10(21,22)9(19,20)25(4-2)30(27,28)11(23,24)7(14,15)6(12,13)8(16,17)18/h3H,1,4H2,2H3. The van der Waals surface area contributed by atoms with Gasteiger partial charge in [0.25, 0.3) is 10.0 Å². The highest BCUT2D eigenvalue weighted by molar-refractivity contribution is 7.90. The molecule has 0 N–H and O–H groups in total. The Morgan fingerprint density at radius 3 is 1.60 bits per heavy atom. The smallest absolute Gasteiger partial charge is 0.392 e. The Balaban J connectivity index is 6.67. The van der Waals surface area contributed by atoms with Crippen molar-refractivity contribution in [2.75, 3.05) is 6.54 Å². The lowest BCUT2D eigenvalue weighted by atomic mass is 10.1. The zero-order chi connectivity index (χ0) is 24.8. The van der Waals surface area contributed by atoms with E-state index in [2.05, 4.69) is 11.3 Å². The van der Waals surface area contributed by atoms with Crippen LogP contribution in [0.15, 0.2) is 12.7 Å². The minimum atomic E-state index is -8.11. The molecular formula is C11H8F13NO4S. The first-order valence-corrected chi connectivity index (χ1v) is 8.17. The molecule has 0 aliphatic heterocycles. The van der Waals surface area contributed by atoms with Gasteiger partial charge in [0.15, 0.2) is 0 Å². The van der Waals surface area contributed by atoms with E-state index in [1.807, 2.05) is 0 Å². The molecule has 0 aromatic heterocycles. The number of hydrogen-bond donors (Lipinski definition) is 0. The fraction of sp³-hybridized carbons (Fsp3) is 0.727.